The number of piperazine rings is 1. The van der Waals surface area contributed by atoms with E-state index in [-0.39, 0.29) is 5.91 Å². The molecule has 0 atom stereocenters. The van der Waals surface area contributed by atoms with Gasteiger partial charge < -0.3 is 10.6 Å². The molecule has 1 aliphatic rings. The molecular weight excluding hydrogens is 242 g/mol. The molecule has 1 amide bonds. The maximum atomic E-state index is 11.8. The van der Waals surface area contributed by atoms with Gasteiger partial charge in [0.1, 0.15) is 6.54 Å². The van der Waals surface area contributed by atoms with Gasteiger partial charge in [-0.2, -0.15) is 5.10 Å². The predicted molar refractivity (Wildman–Crippen MR) is 74.0 cm³/mol. The average Bonchev–Trinajstić information content (AvgIpc) is 2.69. The number of aryl methyl sites for hydroxylation is 2. The first-order valence-electron chi connectivity index (χ1n) is 6.86. The summed E-state index contributed by atoms with van der Waals surface area (Å²) in [5.41, 5.74) is 1.97. The summed E-state index contributed by atoms with van der Waals surface area (Å²) in [5, 5.41) is 10.6. The second kappa shape index (κ2) is 6.68. The molecule has 0 spiro atoms. The Morgan fingerprint density at radius 2 is 2.16 bits per heavy atom. The number of rotatable bonds is 5. The van der Waals surface area contributed by atoms with Crippen LogP contribution in [-0.4, -0.2) is 59.9 Å². The lowest BCUT2D eigenvalue weighted by atomic mass is 10.3. The second-order valence-electron chi connectivity index (χ2n) is 5.03. The van der Waals surface area contributed by atoms with Crippen LogP contribution in [0, 0.1) is 13.8 Å². The molecule has 0 aromatic carbocycles. The lowest BCUT2D eigenvalue weighted by molar-refractivity contribution is -0.121. The van der Waals surface area contributed by atoms with E-state index in [0.29, 0.717) is 13.1 Å². The molecule has 1 aromatic heterocycles. The molecule has 1 fully saturated rings. The Morgan fingerprint density at radius 3 is 2.79 bits per heavy atom. The van der Waals surface area contributed by atoms with Crippen molar-refractivity contribution in [2.24, 2.45) is 0 Å². The minimum atomic E-state index is 0.0290. The summed E-state index contributed by atoms with van der Waals surface area (Å²) in [5.74, 6) is 0.0290. The van der Waals surface area contributed by atoms with Crippen molar-refractivity contribution in [1.29, 1.82) is 0 Å². The molecule has 0 saturated carbocycles. The van der Waals surface area contributed by atoms with Crippen LogP contribution >= 0.6 is 0 Å². The highest BCUT2D eigenvalue weighted by Crippen LogP contribution is 2.00. The number of nitrogens with zero attached hydrogens (tertiary/aromatic N) is 3. The van der Waals surface area contributed by atoms with Crippen molar-refractivity contribution in [3.05, 3.63) is 17.5 Å². The smallest absolute Gasteiger partial charge is 0.241 e. The van der Waals surface area contributed by atoms with Gasteiger partial charge in [0.05, 0.1) is 5.69 Å². The Hall–Kier alpha value is -1.40. The van der Waals surface area contributed by atoms with E-state index in [2.05, 4.69) is 20.6 Å². The maximum absolute atomic E-state index is 11.8. The Labute approximate surface area is 114 Å². The van der Waals surface area contributed by atoms with Crippen LogP contribution in [0.15, 0.2) is 6.07 Å². The summed E-state index contributed by atoms with van der Waals surface area (Å²) in [7, 11) is 0. The number of aromatic nitrogens is 2. The summed E-state index contributed by atoms with van der Waals surface area (Å²) in [6.45, 7) is 10.0. The van der Waals surface area contributed by atoms with Crippen LogP contribution < -0.4 is 10.6 Å². The Balaban J connectivity index is 1.68. The molecule has 0 bridgehead atoms. The van der Waals surface area contributed by atoms with Crippen molar-refractivity contribution in [2.75, 3.05) is 39.3 Å². The normalized spacial score (nSPS) is 16.5. The molecule has 2 rings (SSSR count). The lowest BCUT2D eigenvalue weighted by Gasteiger charge is -2.27. The summed E-state index contributed by atoms with van der Waals surface area (Å²) in [4.78, 5) is 14.2. The summed E-state index contributed by atoms with van der Waals surface area (Å²) in [6, 6.07) is 1.98. The van der Waals surface area contributed by atoms with E-state index in [9.17, 15) is 4.79 Å². The first kappa shape index (κ1) is 14.0. The summed E-state index contributed by atoms with van der Waals surface area (Å²) >= 11 is 0. The number of hydrogen-bond acceptors (Lipinski definition) is 4. The second-order valence-corrected chi connectivity index (χ2v) is 5.03. The fraction of sp³-hybridized carbons (Fsp3) is 0.692. The monoisotopic (exact) mass is 265 g/mol. The molecule has 1 saturated heterocycles. The molecule has 0 radical (unpaired) electrons. The molecule has 6 heteroatoms. The number of nitrogens with one attached hydrogen (secondary N) is 2. The first-order valence-corrected chi connectivity index (χ1v) is 6.86. The van der Waals surface area contributed by atoms with Crippen LogP contribution in [0.4, 0.5) is 0 Å². The summed E-state index contributed by atoms with van der Waals surface area (Å²) in [6.07, 6.45) is 0. The van der Waals surface area contributed by atoms with Crippen LogP contribution in [-0.2, 0) is 11.3 Å². The molecule has 6 nitrogen and oxygen atoms in total. The number of hydrogen-bond donors (Lipinski definition) is 2. The number of carbonyl (C=O) groups is 1. The van der Waals surface area contributed by atoms with Crippen molar-refractivity contribution >= 4 is 5.91 Å². The average molecular weight is 265 g/mol. The zero-order chi connectivity index (χ0) is 13.7. The van der Waals surface area contributed by atoms with Gasteiger partial charge in [0.25, 0.3) is 0 Å². The van der Waals surface area contributed by atoms with Gasteiger partial charge in [0.2, 0.25) is 5.91 Å². The third-order valence-electron chi connectivity index (χ3n) is 3.36. The Morgan fingerprint density at radius 1 is 1.42 bits per heavy atom. The van der Waals surface area contributed by atoms with E-state index in [0.717, 1.165) is 44.1 Å². The maximum Gasteiger partial charge on any atom is 0.241 e. The van der Waals surface area contributed by atoms with Crippen molar-refractivity contribution in [3.8, 4) is 0 Å². The van der Waals surface area contributed by atoms with Gasteiger partial charge in [-0.05, 0) is 19.9 Å². The largest absolute Gasteiger partial charge is 0.353 e. The molecular formula is C13H23N5O. The van der Waals surface area contributed by atoms with Crippen LogP contribution in [0.3, 0.4) is 0 Å². The van der Waals surface area contributed by atoms with E-state index in [1.807, 2.05) is 19.9 Å². The first-order chi connectivity index (χ1) is 9.15. The fourth-order valence-electron chi connectivity index (χ4n) is 2.32. The van der Waals surface area contributed by atoms with Crippen molar-refractivity contribution in [3.63, 3.8) is 0 Å². The highest BCUT2D eigenvalue weighted by atomic mass is 16.2. The Bertz CT molecular complexity index is 423. The zero-order valence-corrected chi connectivity index (χ0v) is 11.8. The van der Waals surface area contributed by atoms with Crippen molar-refractivity contribution in [1.82, 2.24) is 25.3 Å². The van der Waals surface area contributed by atoms with Gasteiger partial charge in [0.15, 0.2) is 0 Å². The van der Waals surface area contributed by atoms with Gasteiger partial charge in [0, 0.05) is 45.0 Å². The quantitative estimate of drug-likeness (QED) is 0.755. The minimum absolute atomic E-state index is 0.0290. The van der Waals surface area contributed by atoms with Crippen LogP contribution in [0.1, 0.15) is 11.4 Å². The molecule has 1 aliphatic heterocycles. The minimum Gasteiger partial charge on any atom is -0.353 e. The standard InChI is InChI=1S/C13H23N5O/c1-11-9-12(2)18(16-11)10-13(19)15-5-8-17-6-3-14-4-7-17/h9,14H,3-8,10H2,1-2H3,(H,15,19). The van der Waals surface area contributed by atoms with E-state index in [1.165, 1.54) is 0 Å². The molecule has 0 unspecified atom stereocenters. The van der Waals surface area contributed by atoms with Gasteiger partial charge in [-0.25, -0.2) is 0 Å². The molecule has 1 aromatic rings. The van der Waals surface area contributed by atoms with Crippen LogP contribution in [0.2, 0.25) is 0 Å². The number of carbonyl (C=O) groups excluding carboxylic acids is 1. The third kappa shape index (κ3) is 4.33. The van der Waals surface area contributed by atoms with Gasteiger partial charge in [-0.15, -0.1) is 0 Å². The fourth-order valence-corrected chi connectivity index (χ4v) is 2.32. The molecule has 2 heterocycles. The van der Waals surface area contributed by atoms with Gasteiger partial charge >= 0.3 is 0 Å². The van der Waals surface area contributed by atoms with Gasteiger partial charge in [-0.3, -0.25) is 14.4 Å². The van der Waals surface area contributed by atoms with Crippen LogP contribution in [0.5, 0.6) is 0 Å². The van der Waals surface area contributed by atoms with Crippen molar-refractivity contribution < 1.29 is 4.79 Å². The number of amides is 1. The van der Waals surface area contributed by atoms with E-state index < -0.39 is 0 Å². The van der Waals surface area contributed by atoms with E-state index >= 15 is 0 Å². The predicted octanol–water partition coefficient (Wildman–Crippen LogP) is -0.479. The van der Waals surface area contributed by atoms with Crippen LogP contribution in [0.25, 0.3) is 0 Å². The molecule has 19 heavy (non-hydrogen) atoms. The zero-order valence-electron chi connectivity index (χ0n) is 11.8. The lowest BCUT2D eigenvalue weighted by Crippen LogP contribution is -2.46. The SMILES string of the molecule is Cc1cc(C)n(CC(=O)NCCN2CCNCC2)n1. The van der Waals surface area contributed by atoms with Gasteiger partial charge in [-0.1, -0.05) is 0 Å². The highest BCUT2D eigenvalue weighted by molar-refractivity contribution is 5.75. The van der Waals surface area contributed by atoms with E-state index in [4.69, 9.17) is 0 Å². The molecule has 106 valence electrons. The molecule has 0 aliphatic carbocycles. The molecule has 2 N–H and O–H groups in total. The third-order valence-corrected chi connectivity index (χ3v) is 3.36. The van der Waals surface area contributed by atoms with Crippen molar-refractivity contribution in [2.45, 2.75) is 20.4 Å². The topological polar surface area (TPSA) is 62.2 Å². The van der Waals surface area contributed by atoms with E-state index in [1.54, 1.807) is 4.68 Å². The summed E-state index contributed by atoms with van der Waals surface area (Å²) < 4.78 is 1.75. The highest BCUT2D eigenvalue weighted by Gasteiger charge is 2.10. The Kier molecular flexibility index (Phi) is 4.93.